The fraction of sp³-hybridized carbons (Fsp3) is 0.400. The van der Waals surface area contributed by atoms with Gasteiger partial charge in [0, 0.05) is 6.20 Å². The Labute approximate surface area is 161 Å². The maximum absolute atomic E-state index is 12.5. The van der Waals surface area contributed by atoms with Crippen molar-refractivity contribution in [3.05, 3.63) is 46.3 Å². The zero-order valence-corrected chi connectivity index (χ0v) is 15.3. The molecule has 1 aromatic heterocycles. The Morgan fingerprint density at radius 1 is 1.25 bits per heavy atom. The van der Waals surface area contributed by atoms with Crippen LogP contribution in [-0.4, -0.2) is 33.1 Å². The number of carboxylic acids is 1. The van der Waals surface area contributed by atoms with Crippen molar-refractivity contribution in [2.75, 3.05) is 5.32 Å². The molecule has 1 heterocycles. The molecule has 0 radical (unpaired) electrons. The van der Waals surface area contributed by atoms with E-state index in [1.54, 1.807) is 0 Å². The van der Waals surface area contributed by atoms with Gasteiger partial charge in [0.05, 0.1) is 12.2 Å². The number of aryl methyl sites for hydroxylation is 2. The highest BCUT2D eigenvalue weighted by Gasteiger charge is 2.28. The number of ether oxygens (including phenoxy) is 1. The van der Waals surface area contributed by atoms with Gasteiger partial charge >= 0.3 is 12.1 Å². The van der Waals surface area contributed by atoms with Gasteiger partial charge in [0.25, 0.3) is 0 Å². The molecule has 1 atom stereocenters. The van der Waals surface area contributed by atoms with Crippen molar-refractivity contribution in [1.82, 2.24) is 9.78 Å². The van der Waals surface area contributed by atoms with Gasteiger partial charge in [-0.15, -0.1) is 0 Å². The standard InChI is InChI=1S/C20H20N4O4/c21-10-14-7-8-24(23-14)11-17(19(25)26)28-20(27)22-18-15-5-1-3-12(15)9-13-4-2-6-16(13)18/h7-9,17H,1-6,11H2,(H,22,27)(H,25,26)/t17-/m1/s1. The molecule has 8 nitrogen and oxygen atoms in total. The largest absolute Gasteiger partial charge is 0.478 e. The number of carbonyl (C=O) groups is 2. The lowest BCUT2D eigenvalue weighted by atomic mass is 9.99. The van der Waals surface area contributed by atoms with E-state index in [0.717, 1.165) is 55.3 Å². The fourth-order valence-corrected chi connectivity index (χ4v) is 4.09. The van der Waals surface area contributed by atoms with Gasteiger partial charge in [-0.3, -0.25) is 10.00 Å². The molecule has 2 aromatic rings. The second-order valence-electron chi connectivity index (χ2n) is 7.13. The van der Waals surface area contributed by atoms with E-state index in [0.29, 0.717) is 0 Å². The van der Waals surface area contributed by atoms with Crippen molar-refractivity contribution >= 4 is 17.7 Å². The minimum absolute atomic E-state index is 0.170. The molecule has 28 heavy (non-hydrogen) atoms. The van der Waals surface area contributed by atoms with E-state index in [1.807, 2.05) is 6.07 Å². The summed E-state index contributed by atoms with van der Waals surface area (Å²) >= 11 is 0. The number of benzene rings is 1. The number of carboxylic acid groups (broad SMARTS) is 1. The second-order valence-corrected chi connectivity index (χ2v) is 7.13. The van der Waals surface area contributed by atoms with Crippen molar-refractivity contribution in [1.29, 1.82) is 5.26 Å². The van der Waals surface area contributed by atoms with Crippen molar-refractivity contribution in [3.8, 4) is 6.07 Å². The van der Waals surface area contributed by atoms with Crippen LogP contribution in [-0.2, 0) is 41.8 Å². The number of hydrogen-bond acceptors (Lipinski definition) is 5. The predicted molar refractivity (Wildman–Crippen MR) is 99.0 cm³/mol. The Morgan fingerprint density at radius 2 is 1.93 bits per heavy atom. The Balaban J connectivity index is 1.50. The van der Waals surface area contributed by atoms with Crippen LogP contribution in [0, 0.1) is 11.3 Å². The predicted octanol–water partition coefficient (Wildman–Crippen LogP) is 2.43. The highest BCUT2D eigenvalue weighted by molar-refractivity contribution is 5.90. The number of nitriles is 1. The summed E-state index contributed by atoms with van der Waals surface area (Å²) in [4.78, 5) is 24.0. The zero-order chi connectivity index (χ0) is 19.7. The molecule has 2 aliphatic carbocycles. The van der Waals surface area contributed by atoms with Gasteiger partial charge in [-0.1, -0.05) is 6.07 Å². The topological polar surface area (TPSA) is 117 Å². The molecule has 1 aromatic carbocycles. The van der Waals surface area contributed by atoms with Gasteiger partial charge in [0.2, 0.25) is 6.10 Å². The molecule has 1 amide bonds. The normalized spacial score (nSPS) is 15.4. The van der Waals surface area contributed by atoms with Crippen molar-refractivity contribution < 1.29 is 19.4 Å². The summed E-state index contributed by atoms with van der Waals surface area (Å²) in [5.74, 6) is -1.27. The molecule has 144 valence electrons. The summed E-state index contributed by atoms with van der Waals surface area (Å²) < 4.78 is 6.47. The summed E-state index contributed by atoms with van der Waals surface area (Å²) in [6.45, 7) is -0.171. The average molecular weight is 380 g/mol. The Kier molecular flexibility index (Phi) is 4.74. The number of fused-ring (bicyclic) bond motifs is 2. The quantitative estimate of drug-likeness (QED) is 0.823. The van der Waals surface area contributed by atoms with E-state index in [2.05, 4.69) is 16.5 Å². The lowest BCUT2D eigenvalue weighted by molar-refractivity contribution is -0.147. The molecule has 8 heteroatoms. The lowest BCUT2D eigenvalue weighted by Crippen LogP contribution is -2.33. The first-order chi connectivity index (χ1) is 13.5. The zero-order valence-electron chi connectivity index (χ0n) is 15.3. The number of aliphatic carboxylic acids is 1. The van der Waals surface area contributed by atoms with E-state index >= 15 is 0 Å². The van der Waals surface area contributed by atoms with Crippen molar-refractivity contribution in [2.24, 2.45) is 0 Å². The van der Waals surface area contributed by atoms with Gasteiger partial charge in [-0.05, 0) is 66.8 Å². The van der Waals surface area contributed by atoms with Crippen LogP contribution in [0.3, 0.4) is 0 Å². The molecular formula is C20H20N4O4. The molecule has 0 saturated carbocycles. The monoisotopic (exact) mass is 380 g/mol. The molecule has 2 N–H and O–H groups in total. The summed E-state index contributed by atoms with van der Waals surface area (Å²) in [6.07, 6.45) is 5.23. The number of nitrogens with zero attached hydrogens (tertiary/aromatic N) is 3. The van der Waals surface area contributed by atoms with Crippen LogP contribution in [0.5, 0.6) is 0 Å². The van der Waals surface area contributed by atoms with Crippen LogP contribution in [0.15, 0.2) is 18.3 Å². The lowest BCUT2D eigenvalue weighted by Gasteiger charge is -2.18. The number of amides is 1. The third-order valence-corrected chi connectivity index (χ3v) is 5.33. The maximum Gasteiger partial charge on any atom is 0.412 e. The first kappa shape index (κ1) is 18.0. The molecule has 0 aliphatic heterocycles. The molecule has 2 aliphatic rings. The number of carbonyl (C=O) groups excluding carboxylic acids is 1. The highest BCUT2D eigenvalue weighted by Crippen LogP contribution is 2.38. The molecule has 0 bridgehead atoms. The fourth-order valence-electron chi connectivity index (χ4n) is 4.09. The van der Waals surface area contributed by atoms with Crippen LogP contribution in [0.4, 0.5) is 10.5 Å². The Morgan fingerprint density at radius 3 is 2.50 bits per heavy atom. The van der Waals surface area contributed by atoms with Gasteiger partial charge < -0.3 is 9.84 Å². The first-order valence-electron chi connectivity index (χ1n) is 9.35. The van der Waals surface area contributed by atoms with Crippen LogP contribution >= 0.6 is 0 Å². The van der Waals surface area contributed by atoms with Crippen molar-refractivity contribution in [2.45, 2.75) is 51.2 Å². The average Bonchev–Trinajstić information content (AvgIpc) is 3.40. The smallest absolute Gasteiger partial charge is 0.412 e. The Bertz CT molecular complexity index is 957. The van der Waals surface area contributed by atoms with E-state index in [1.165, 1.54) is 28.1 Å². The SMILES string of the molecule is N#Cc1ccn(C[C@@H](OC(=O)Nc2c3c(cc4c2CCC4)CCC3)C(=O)O)n1. The number of hydrogen-bond donors (Lipinski definition) is 2. The third kappa shape index (κ3) is 3.43. The molecule has 0 saturated heterocycles. The molecule has 4 rings (SSSR count). The number of rotatable bonds is 5. The molecule has 0 unspecified atom stereocenters. The van der Waals surface area contributed by atoms with Crippen LogP contribution in [0.1, 0.15) is 40.8 Å². The van der Waals surface area contributed by atoms with Crippen LogP contribution in [0.25, 0.3) is 0 Å². The van der Waals surface area contributed by atoms with Crippen molar-refractivity contribution in [3.63, 3.8) is 0 Å². The van der Waals surface area contributed by atoms with Gasteiger partial charge in [0.15, 0.2) is 5.69 Å². The number of aromatic nitrogens is 2. The van der Waals surface area contributed by atoms with E-state index in [9.17, 15) is 14.7 Å². The summed E-state index contributed by atoms with van der Waals surface area (Å²) in [6, 6.07) is 5.59. The van der Waals surface area contributed by atoms with Gasteiger partial charge in [0.1, 0.15) is 6.07 Å². The van der Waals surface area contributed by atoms with E-state index < -0.39 is 18.2 Å². The highest BCUT2D eigenvalue weighted by atomic mass is 16.6. The minimum Gasteiger partial charge on any atom is -0.478 e. The summed E-state index contributed by atoms with van der Waals surface area (Å²) in [7, 11) is 0. The van der Waals surface area contributed by atoms with Crippen LogP contribution < -0.4 is 5.32 Å². The van der Waals surface area contributed by atoms with E-state index in [-0.39, 0.29) is 12.2 Å². The van der Waals surface area contributed by atoms with E-state index in [4.69, 9.17) is 10.00 Å². The summed E-state index contributed by atoms with van der Waals surface area (Å²) in [5, 5.41) is 25.0. The van der Waals surface area contributed by atoms with Gasteiger partial charge in [-0.2, -0.15) is 10.4 Å². The maximum atomic E-state index is 12.5. The molecule has 0 spiro atoms. The Hall–Kier alpha value is -3.34. The third-order valence-electron chi connectivity index (χ3n) is 5.33. The second kappa shape index (κ2) is 7.35. The number of anilines is 1. The van der Waals surface area contributed by atoms with Gasteiger partial charge in [-0.25, -0.2) is 9.59 Å². The molecular weight excluding hydrogens is 360 g/mol. The first-order valence-corrected chi connectivity index (χ1v) is 9.35. The van der Waals surface area contributed by atoms with Crippen LogP contribution in [0.2, 0.25) is 0 Å². The summed E-state index contributed by atoms with van der Waals surface area (Å²) in [5.41, 5.74) is 5.81. The number of nitrogens with one attached hydrogen (secondary N) is 1. The minimum atomic E-state index is -1.41. The molecule has 0 fully saturated rings.